The first-order valence-electron chi connectivity index (χ1n) is 5.58. The molecule has 1 rings (SSSR count). The van der Waals surface area contributed by atoms with Crippen molar-refractivity contribution in [2.45, 2.75) is 37.9 Å². The van der Waals surface area contributed by atoms with Gasteiger partial charge < -0.3 is 5.32 Å². The van der Waals surface area contributed by atoms with Crippen molar-refractivity contribution in [2.24, 2.45) is 5.92 Å². The van der Waals surface area contributed by atoms with Gasteiger partial charge in [0.05, 0.1) is 6.54 Å². The molecule has 1 unspecified atom stereocenters. The Kier molecular flexibility index (Phi) is 6.14. The fourth-order valence-electron chi connectivity index (χ4n) is 1.88. The Morgan fingerprint density at radius 1 is 1.50 bits per heavy atom. The van der Waals surface area contributed by atoms with E-state index in [0.29, 0.717) is 11.8 Å². The molecule has 0 radical (unpaired) electrons. The highest BCUT2D eigenvalue weighted by Gasteiger charge is 2.15. The minimum atomic E-state index is 0.698. The number of nitrogens with one attached hydrogen (secondary N) is 1. The van der Waals surface area contributed by atoms with E-state index in [0.717, 1.165) is 12.5 Å². The molecule has 0 aromatic heterocycles. The monoisotopic (exact) mass is 211 g/mol. The molecule has 0 aromatic carbocycles. The van der Waals surface area contributed by atoms with E-state index in [1.54, 1.807) is 0 Å². The lowest BCUT2D eigenvalue weighted by molar-refractivity contribution is 0.620. The minimum absolute atomic E-state index is 0.698. The summed E-state index contributed by atoms with van der Waals surface area (Å²) < 4.78 is 0. The first-order chi connectivity index (χ1) is 6.83. The second kappa shape index (κ2) is 7.20. The van der Waals surface area contributed by atoms with Crippen LogP contribution >= 0.6 is 11.8 Å². The van der Waals surface area contributed by atoms with Gasteiger partial charge in [0.1, 0.15) is 0 Å². The van der Waals surface area contributed by atoms with E-state index in [1.807, 2.05) is 0 Å². The van der Waals surface area contributed by atoms with Crippen LogP contribution in [0.5, 0.6) is 0 Å². The van der Waals surface area contributed by atoms with Gasteiger partial charge in [-0.2, -0.15) is 11.8 Å². The van der Waals surface area contributed by atoms with Gasteiger partial charge in [-0.15, -0.1) is 6.42 Å². The molecule has 1 nitrogen and oxygen atoms in total. The molecule has 0 heterocycles. The van der Waals surface area contributed by atoms with Crippen molar-refractivity contribution in [3.05, 3.63) is 0 Å². The highest BCUT2D eigenvalue weighted by atomic mass is 32.2. The zero-order valence-corrected chi connectivity index (χ0v) is 9.91. The third-order valence-corrected chi connectivity index (χ3v) is 4.15. The summed E-state index contributed by atoms with van der Waals surface area (Å²) in [5.74, 6) is 4.94. The van der Waals surface area contributed by atoms with Crippen LogP contribution in [-0.2, 0) is 0 Å². The Bertz CT molecular complexity index is 179. The number of terminal acetylenes is 1. The quantitative estimate of drug-likeness (QED) is 0.535. The van der Waals surface area contributed by atoms with Gasteiger partial charge in [0, 0.05) is 11.8 Å². The molecule has 0 spiro atoms. The molecule has 1 atom stereocenters. The van der Waals surface area contributed by atoms with Crippen molar-refractivity contribution in [1.29, 1.82) is 0 Å². The van der Waals surface area contributed by atoms with Crippen LogP contribution in [0, 0.1) is 18.3 Å². The Morgan fingerprint density at radius 3 is 2.86 bits per heavy atom. The van der Waals surface area contributed by atoms with Gasteiger partial charge in [-0.05, 0) is 24.5 Å². The molecule has 14 heavy (non-hydrogen) atoms. The predicted molar refractivity (Wildman–Crippen MR) is 65.6 cm³/mol. The largest absolute Gasteiger partial charge is 0.305 e. The van der Waals surface area contributed by atoms with Gasteiger partial charge in [0.2, 0.25) is 0 Å². The summed E-state index contributed by atoms with van der Waals surface area (Å²) >= 11 is 2.09. The van der Waals surface area contributed by atoms with E-state index in [4.69, 9.17) is 6.42 Å². The van der Waals surface area contributed by atoms with E-state index < -0.39 is 0 Å². The van der Waals surface area contributed by atoms with Crippen LogP contribution in [0.1, 0.15) is 32.6 Å². The summed E-state index contributed by atoms with van der Waals surface area (Å²) in [6, 6.07) is 0. The molecule has 1 saturated carbocycles. The Morgan fingerprint density at radius 2 is 2.21 bits per heavy atom. The smallest absolute Gasteiger partial charge is 0.0574 e. The summed E-state index contributed by atoms with van der Waals surface area (Å²) in [5, 5.41) is 3.95. The van der Waals surface area contributed by atoms with Crippen molar-refractivity contribution in [1.82, 2.24) is 5.32 Å². The number of hydrogen-bond acceptors (Lipinski definition) is 2. The van der Waals surface area contributed by atoms with E-state index in [1.165, 1.54) is 31.4 Å². The van der Waals surface area contributed by atoms with Crippen molar-refractivity contribution in [2.75, 3.05) is 18.8 Å². The van der Waals surface area contributed by atoms with Crippen LogP contribution in [0.2, 0.25) is 0 Å². The van der Waals surface area contributed by atoms with Crippen LogP contribution < -0.4 is 5.32 Å². The molecular weight excluding hydrogens is 190 g/mol. The zero-order chi connectivity index (χ0) is 10.2. The van der Waals surface area contributed by atoms with Gasteiger partial charge in [-0.3, -0.25) is 0 Å². The molecule has 80 valence electrons. The summed E-state index contributed by atoms with van der Waals surface area (Å²) in [5.41, 5.74) is 0. The fourth-order valence-corrected chi connectivity index (χ4v) is 3.05. The molecule has 0 aliphatic heterocycles. The predicted octanol–water partition coefficient (Wildman–Crippen LogP) is 2.52. The second-order valence-electron chi connectivity index (χ2n) is 4.13. The van der Waals surface area contributed by atoms with E-state index >= 15 is 0 Å². The van der Waals surface area contributed by atoms with Crippen LogP contribution in [-0.4, -0.2) is 24.1 Å². The van der Waals surface area contributed by atoms with Crippen LogP contribution in [0.25, 0.3) is 0 Å². The van der Waals surface area contributed by atoms with E-state index in [9.17, 15) is 0 Å². The number of thioether (sulfide) groups is 1. The van der Waals surface area contributed by atoms with Gasteiger partial charge in [0.25, 0.3) is 0 Å². The zero-order valence-electron chi connectivity index (χ0n) is 9.09. The van der Waals surface area contributed by atoms with Crippen molar-refractivity contribution in [3.63, 3.8) is 0 Å². The Hall–Kier alpha value is -0.130. The average Bonchev–Trinajstić information content (AvgIpc) is 2.68. The van der Waals surface area contributed by atoms with E-state index in [-0.39, 0.29) is 0 Å². The first-order valence-corrected chi connectivity index (χ1v) is 6.63. The maximum atomic E-state index is 5.17. The summed E-state index contributed by atoms with van der Waals surface area (Å²) in [7, 11) is 0. The number of rotatable bonds is 6. The SMILES string of the molecule is C#CCNCC(C)SCC1CCCC1. The average molecular weight is 211 g/mol. The molecule has 0 saturated heterocycles. The molecule has 1 aliphatic carbocycles. The first kappa shape index (κ1) is 11.9. The lowest BCUT2D eigenvalue weighted by Gasteiger charge is -2.14. The van der Waals surface area contributed by atoms with Crippen molar-refractivity contribution >= 4 is 11.8 Å². The normalized spacial score (nSPS) is 19.4. The summed E-state index contributed by atoms with van der Waals surface area (Å²) in [6.07, 6.45) is 11.0. The van der Waals surface area contributed by atoms with Crippen LogP contribution in [0.3, 0.4) is 0 Å². The van der Waals surface area contributed by atoms with Gasteiger partial charge >= 0.3 is 0 Å². The van der Waals surface area contributed by atoms with E-state index in [2.05, 4.69) is 29.9 Å². The van der Waals surface area contributed by atoms with Gasteiger partial charge in [-0.1, -0.05) is 25.7 Å². The Balaban J connectivity index is 1.97. The highest BCUT2D eigenvalue weighted by molar-refractivity contribution is 7.99. The van der Waals surface area contributed by atoms with Gasteiger partial charge in [0.15, 0.2) is 0 Å². The van der Waals surface area contributed by atoms with Gasteiger partial charge in [-0.25, -0.2) is 0 Å². The summed E-state index contributed by atoms with van der Waals surface area (Å²) in [4.78, 5) is 0. The lowest BCUT2D eigenvalue weighted by atomic mass is 10.1. The fraction of sp³-hybridized carbons (Fsp3) is 0.833. The molecule has 1 fully saturated rings. The number of hydrogen-bond donors (Lipinski definition) is 1. The standard InChI is InChI=1S/C12H21NS/c1-3-8-13-9-11(2)14-10-12-6-4-5-7-12/h1,11-13H,4-10H2,2H3. The molecule has 0 aromatic rings. The summed E-state index contributed by atoms with van der Waals surface area (Å²) in [6.45, 7) is 4.03. The second-order valence-corrected chi connectivity index (χ2v) is 5.60. The molecule has 0 bridgehead atoms. The molecular formula is C12H21NS. The van der Waals surface area contributed by atoms with Crippen molar-refractivity contribution in [3.8, 4) is 12.3 Å². The third kappa shape index (κ3) is 4.93. The molecule has 1 N–H and O–H groups in total. The van der Waals surface area contributed by atoms with Crippen molar-refractivity contribution < 1.29 is 0 Å². The highest BCUT2D eigenvalue weighted by Crippen LogP contribution is 2.29. The van der Waals surface area contributed by atoms with Crippen LogP contribution in [0.4, 0.5) is 0 Å². The lowest BCUT2D eigenvalue weighted by Crippen LogP contribution is -2.23. The molecule has 2 heteroatoms. The third-order valence-electron chi connectivity index (χ3n) is 2.75. The topological polar surface area (TPSA) is 12.0 Å². The maximum Gasteiger partial charge on any atom is 0.0574 e. The molecule has 0 amide bonds. The molecule has 1 aliphatic rings. The Labute approximate surface area is 92.4 Å². The minimum Gasteiger partial charge on any atom is -0.305 e. The maximum absolute atomic E-state index is 5.17. The van der Waals surface area contributed by atoms with Crippen LogP contribution in [0.15, 0.2) is 0 Å².